The number of phenolic OH excluding ortho intramolecular Hbond substituents is 1. The van der Waals surface area contributed by atoms with Crippen LogP contribution in [0.15, 0.2) is 48.5 Å². The van der Waals surface area contributed by atoms with Crippen molar-refractivity contribution >= 4 is 17.4 Å². The zero-order valence-electron chi connectivity index (χ0n) is 14.1. The molecular formula is C20H17ClN2O3. The summed E-state index contributed by atoms with van der Waals surface area (Å²) >= 11 is 6.11. The number of aromatic hydroxyl groups is 1. The fourth-order valence-electron chi connectivity index (χ4n) is 2.97. The molecule has 0 bridgehead atoms. The SMILES string of the molecule is CCNc1cc(-c2cccc3c2OCO3)cc(-c2cc(Cl)ccc2O)n1. The Labute approximate surface area is 156 Å². The zero-order valence-corrected chi connectivity index (χ0v) is 14.9. The molecule has 0 spiro atoms. The van der Waals surface area contributed by atoms with Crippen molar-refractivity contribution < 1.29 is 14.6 Å². The van der Waals surface area contributed by atoms with Crippen molar-refractivity contribution in [2.24, 2.45) is 0 Å². The monoisotopic (exact) mass is 368 g/mol. The van der Waals surface area contributed by atoms with Crippen molar-refractivity contribution in [2.45, 2.75) is 6.92 Å². The van der Waals surface area contributed by atoms with Gasteiger partial charge in [-0.2, -0.15) is 0 Å². The number of halogens is 1. The van der Waals surface area contributed by atoms with Crippen LogP contribution < -0.4 is 14.8 Å². The van der Waals surface area contributed by atoms with E-state index in [1.165, 1.54) is 0 Å². The highest BCUT2D eigenvalue weighted by Gasteiger charge is 2.20. The summed E-state index contributed by atoms with van der Waals surface area (Å²) in [5, 5.41) is 14.0. The van der Waals surface area contributed by atoms with E-state index in [9.17, 15) is 5.11 Å². The van der Waals surface area contributed by atoms with Gasteiger partial charge in [-0.25, -0.2) is 4.98 Å². The number of hydrogen-bond acceptors (Lipinski definition) is 5. The second-order valence-electron chi connectivity index (χ2n) is 5.86. The van der Waals surface area contributed by atoms with Crippen LogP contribution in [0, 0.1) is 0 Å². The van der Waals surface area contributed by atoms with Crippen molar-refractivity contribution in [2.75, 3.05) is 18.7 Å². The van der Waals surface area contributed by atoms with E-state index in [0.29, 0.717) is 27.8 Å². The minimum atomic E-state index is 0.124. The van der Waals surface area contributed by atoms with Crippen LogP contribution in [0.5, 0.6) is 17.2 Å². The maximum Gasteiger partial charge on any atom is 0.231 e. The summed E-state index contributed by atoms with van der Waals surface area (Å²) in [6.07, 6.45) is 0. The Morgan fingerprint density at radius 1 is 1.12 bits per heavy atom. The molecule has 1 aliphatic rings. The number of benzene rings is 2. The van der Waals surface area contributed by atoms with Gasteiger partial charge >= 0.3 is 0 Å². The largest absolute Gasteiger partial charge is 0.507 e. The third kappa shape index (κ3) is 3.02. The summed E-state index contributed by atoms with van der Waals surface area (Å²) in [6, 6.07) is 14.5. The molecule has 0 saturated heterocycles. The fraction of sp³-hybridized carbons (Fsp3) is 0.150. The molecule has 0 fully saturated rings. The van der Waals surface area contributed by atoms with Gasteiger partial charge in [0.15, 0.2) is 11.5 Å². The number of nitrogens with zero attached hydrogens (tertiary/aromatic N) is 1. The molecule has 2 heterocycles. The molecule has 3 aromatic rings. The number of anilines is 1. The maximum absolute atomic E-state index is 10.3. The van der Waals surface area contributed by atoms with Crippen LogP contribution >= 0.6 is 11.6 Å². The van der Waals surface area contributed by atoms with E-state index >= 15 is 0 Å². The molecule has 0 saturated carbocycles. The Balaban J connectivity index is 1.90. The molecule has 6 heteroatoms. The van der Waals surface area contributed by atoms with Gasteiger partial charge in [-0.1, -0.05) is 23.7 Å². The van der Waals surface area contributed by atoms with Crippen LogP contribution in [0.4, 0.5) is 5.82 Å². The lowest BCUT2D eigenvalue weighted by Gasteiger charge is -2.13. The maximum atomic E-state index is 10.3. The molecule has 0 aliphatic carbocycles. The van der Waals surface area contributed by atoms with Crippen LogP contribution in [0.2, 0.25) is 5.02 Å². The predicted molar refractivity (Wildman–Crippen MR) is 102 cm³/mol. The Kier molecular flexibility index (Phi) is 4.31. The van der Waals surface area contributed by atoms with Crippen molar-refractivity contribution in [3.05, 3.63) is 53.6 Å². The van der Waals surface area contributed by atoms with Gasteiger partial charge in [0, 0.05) is 22.7 Å². The Hall–Kier alpha value is -2.92. The molecule has 0 radical (unpaired) electrons. The molecular weight excluding hydrogens is 352 g/mol. The first-order valence-corrected chi connectivity index (χ1v) is 8.67. The average molecular weight is 369 g/mol. The number of rotatable bonds is 4. The lowest BCUT2D eigenvalue weighted by atomic mass is 10.0. The first-order chi connectivity index (χ1) is 12.7. The van der Waals surface area contributed by atoms with Crippen LogP contribution in [0.25, 0.3) is 22.4 Å². The fourth-order valence-corrected chi connectivity index (χ4v) is 3.14. The van der Waals surface area contributed by atoms with E-state index in [4.69, 9.17) is 21.1 Å². The van der Waals surface area contributed by atoms with E-state index in [1.54, 1.807) is 18.2 Å². The van der Waals surface area contributed by atoms with Gasteiger partial charge in [-0.3, -0.25) is 0 Å². The molecule has 1 aromatic heterocycles. The summed E-state index contributed by atoms with van der Waals surface area (Å²) < 4.78 is 11.1. The van der Waals surface area contributed by atoms with Gasteiger partial charge in [0.25, 0.3) is 0 Å². The number of aromatic nitrogens is 1. The smallest absolute Gasteiger partial charge is 0.231 e. The standard InChI is InChI=1S/C20H17ClN2O3/c1-2-22-19-9-12(14-4-3-5-18-20(14)26-11-25-18)8-16(23-19)15-10-13(21)6-7-17(15)24/h3-10,24H,2,11H2,1H3,(H,22,23). The molecule has 26 heavy (non-hydrogen) atoms. The van der Waals surface area contributed by atoms with E-state index in [2.05, 4.69) is 10.3 Å². The molecule has 4 rings (SSSR count). The number of hydrogen-bond donors (Lipinski definition) is 2. The van der Waals surface area contributed by atoms with Crippen molar-refractivity contribution in [3.63, 3.8) is 0 Å². The number of pyridine rings is 1. The highest BCUT2D eigenvalue weighted by atomic mass is 35.5. The molecule has 5 nitrogen and oxygen atoms in total. The first-order valence-electron chi connectivity index (χ1n) is 8.29. The predicted octanol–water partition coefficient (Wildman–Crippen LogP) is 4.94. The minimum Gasteiger partial charge on any atom is -0.507 e. The molecule has 1 aliphatic heterocycles. The highest BCUT2D eigenvalue weighted by Crippen LogP contribution is 2.43. The zero-order chi connectivity index (χ0) is 18.1. The van der Waals surface area contributed by atoms with Crippen LogP contribution in [-0.4, -0.2) is 23.4 Å². The van der Waals surface area contributed by atoms with Gasteiger partial charge in [-0.15, -0.1) is 0 Å². The second-order valence-corrected chi connectivity index (χ2v) is 6.29. The Bertz CT molecular complexity index is 975. The highest BCUT2D eigenvalue weighted by molar-refractivity contribution is 6.31. The van der Waals surface area contributed by atoms with Crippen LogP contribution in [-0.2, 0) is 0 Å². The van der Waals surface area contributed by atoms with Gasteiger partial charge in [-0.05, 0) is 48.9 Å². The summed E-state index contributed by atoms with van der Waals surface area (Å²) in [5.74, 6) is 2.26. The topological polar surface area (TPSA) is 63.6 Å². The average Bonchev–Trinajstić information content (AvgIpc) is 3.12. The van der Waals surface area contributed by atoms with Crippen molar-refractivity contribution in [3.8, 4) is 39.6 Å². The van der Waals surface area contributed by atoms with E-state index in [1.807, 2.05) is 37.3 Å². The number of nitrogens with one attached hydrogen (secondary N) is 1. The quantitative estimate of drug-likeness (QED) is 0.683. The number of ether oxygens (including phenoxy) is 2. The van der Waals surface area contributed by atoms with E-state index < -0.39 is 0 Å². The van der Waals surface area contributed by atoms with Crippen LogP contribution in [0.3, 0.4) is 0 Å². The van der Waals surface area contributed by atoms with Crippen LogP contribution in [0.1, 0.15) is 6.92 Å². The van der Waals surface area contributed by atoms with E-state index in [0.717, 1.165) is 23.4 Å². The molecule has 0 atom stereocenters. The van der Waals surface area contributed by atoms with Crippen molar-refractivity contribution in [1.29, 1.82) is 0 Å². The minimum absolute atomic E-state index is 0.124. The first kappa shape index (κ1) is 16.5. The molecule has 2 aromatic carbocycles. The number of para-hydroxylation sites is 1. The molecule has 0 amide bonds. The molecule has 0 unspecified atom stereocenters. The lowest BCUT2D eigenvalue weighted by molar-refractivity contribution is 0.174. The summed E-state index contributed by atoms with van der Waals surface area (Å²) in [4.78, 5) is 4.61. The third-order valence-electron chi connectivity index (χ3n) is 4.13. The summed E-state index contributed by atoms with van der Waals surface area (Å²) in [6.45, 7) is 2.94. The lowest BCUT2D eigenvalue weighted by Crippen LogP contribution is -2.01. The summed E-state index contributed by atoms with van der Waals surface area (Å²) in [5.41, 5.74) is 3.01. The Morgan fingerprint density at radius 3 is 2.85 bits per heavy atom. The summed E-state index contributed by atoms with van der Waals surface area (Å²) in [7, 11) is 0. The third-order valence-corrected chi connectivity index (χ3v) is 4.36. The van der Waals surface area contributed by atoms with Crippen molar-refractivity contribution in [1.82, 2.24) is 4.98 Å². The van der Waals surface area contributed by atoms with Gasteiger partial charge in [0.2, 0.25) is 6.79 Å². The normalized spacial score (nSPS) is 12.2. The van der Waals surface area contributed by atoms with Gasteiger partial charge < -0.3 is 19.9 Å². The molecule has 2 N–H and O–H groups in total. The van der Waals surface area contributed by atoms with E-state index in [-0.39, 0.29) is 12.5 Å². The molecule has 132 valence electrons. The second kappa shape index (κ2) is 6.77. The number of phenols is 1. The Morgan fingerprint density at radius 2 is 2.00 bits per heavy atom. The van der Waals surface area contributed by atoms with Gasteiger partial charge in [0.05, 0.1) is 5.69 Å². The van der Waals surface area contributed by atoms with Gasteiger partial charge in [0.1, 0.15) is 11.6 Å². The number of fused-ring (bicyclic) bond motifs is 1.